The van der Waals surface area contributed by atoms with Crippen molar-refractivity contribution in [1.82, 2.24) is 14.9 Å². The number of nitrogen functional groups attached to an aromatic ring is 1. The highest BCUT2D eigenvalue weighted by Crippen LogP contribution is 2.45. The maximum Gasteiger partial charge on any atom is 0.353 e. The number of thioether (sulfide) groups is 1. The molecule has 0 spiro atoms. The van der Waals surface area contributed by atoms with Gasteiger partial charge < -0.3 is 20.9 Å². The van der Waals surface area contributed by atoms with Crippen molar-refractivity contribution in [3.63, 3.8) is 0 Å². The van der Waals surface area contributed by atoms with Gasteiger partial charge in [-0.15, -0.1) is 11.8 Å². The van der Waals surface area contributed by atoms with E-state index in [2.05, 4.69) is 15.1 Å². The lowest BCUT2D eigenvalue weighted by molar-refractivity contribution is -0.159. The first-order chi connectivity index (χ1) is 15.8. The number of amides is 1. The minimum absolute atomic E-state index is 0.0367. The molecule has 0 aromatic carbocycles. The van der Waals surface area contributed by atoms with Crippen LogP contribution in [-0.4, -0.2) is 54.6 Å². The molecule has 2 aromatic heterocycles. The van der Waals surface area contributed by atoms with Gasteiger partial charge in [0, 0.05) is 35.5 Å². The van der Waals surface area contributed by atoms with Gasteiger partial charge in [-0.25, -0.2) is 9.78 Å². The molecule has 1 saturated heterocycles. The second-order valence-corrected chi connectivity index (χ2v) is 10.1. The highest BCUT2D eigenvalue weighted by Gasteiger charge is 2.53. The van der Waals surface area contributed by atoms with Gasteiger partial charge in [-0.3, -0.25) is 14.6 Å². The third-order valence-electron chi connectivity index (χ3n) is 5.48. The second-order valence-electron chi connectivity index (χ2n) is 7.39. The molecule has 2 aromatic rings. The van der Waals surface area contributed by atoms with Crippen molar-refractivity contribution in [2.45, 2.75) is 31.1 Å². The lowest BCUT2D eigenvalue weighted by Crippen LogP contribution is -2.63. The van der Waals surface area contributed by atoms with Gasteiger partial charge in [0.05, 0.1) is 5.92 Å². The zero-order valence-electron chi connectivity index (χ0n) is 17.0. The number of hydrogen-bond acceptors (Lipinski definition) is 10. The quantitative estimate of drug-likeness (QED) is 0.211. The molecule has 0 aliphatic carbocycles. The van der Waals surface area contributed by atoms with E-state index in [4.69, 9.17) is 17.3 Å². The molecule has 1 fully saturated rings. The Kier molecular flexibility index (Phi) is 6.68. The number of nitrogens with zero attached hydrogens (tertiary/aromatic N) is 4. The van der Waals surface area contributed by atoms with Crippen molar-refractivity contribution in [1.29, 1.82) is 0 Å². The number of anilines is 1. The standard InChI is InChI=1S/C20H18ClN5O5S2/c21-17-15(24-20(22)33-17)14(25-31)12(27)7-10-11-1-2-13(16(19(29)30)26(11)18(10)28)32-8-9-3-5-23-6-4-9/h3-6,10-11,31H,1-2,7-8H2,(H2,22,24)(H,29,30)/b25-14-. The van der Waals surface area contributed by atoms with Crippen LogP contribution in [0.1, 0.15) is 30.5 Å². The molecule has 13 heteroatoms. The maximum atomic E-state index is 12.9. The molecule has 2 unspecified atom stereocenters. The van der Waals surface area contributed by atoms with Crippen LogP contribution in [0, 0.1) is 5.92 Å². The zero-order valence-corrected chi connectivity index (χ0v) is 19.4. The molecule has 172 valence electrons. The molecule has 0 radical (unpaired) electrons. The van der Waals surface area contributed by atoms with Gasteiger partial charge in [-0.1, -0.05) is 28.1 Å². The van der Waals surface area contributed by atoms with E-state index in [9.17, 15) is 24.7 Å². The van der Waals surface area contributed by atoms with Crippen LogP contribution in [0.3, 0.4) is 0 Å². The van der Waals surface area contributed by atoms with Crippen LogP contribution >= 0.6 is 34.7 Å². The fourth-order valence-electron chi connectivity index (χ4n) is 3.97. The van der Waals surface area contributed by atoms with Gasteiger partial charge in [0.2, 0.25) is 5.91 Å². The Morgan fingerprint density at radius 3 is 2.70 bits per heavy atom. The lowest BCUT2D eigenvalue weighted by atomic mass is 9.77. The summed E-state index contributed by atoms with van der Waals surface area (Å²) < 4.78 is 0.0971. The number of carboxylic acids is 1. The number of halogens is 1. The van der Waals surface area contributed by atoms with Gasteiger partial charge in [0.1, 0.15) is 15.7 Å². The molecule has 4 rings (SSSR count). The van der Waals surface area contributed by atoms with Crippen LogP contribution in [0.5, 0.6) is 0 Å². The number of ketones is 1. The van der Waals surface area contributed by atoms with Crippen molar-refractivity contribution in [2.24, 2.45) is 11.1 Å². The Bertz CT molecular complexity index is 1180. The summed E-state index contributed by atoms with van der Waals surface area (Å²) in [5.74, 6) is -2.42. The van der Waals surface area contributed by atoms with E-state index < -0.39 is 29.6 Å². The number of allylic oxidation sites excluding steroid dienone is 1. The summed E-state index contributed by atoms with van der Waals surface area (Å²) in [4.78, 5) is 47.4. The number of rotatable bonds is 8. The molecule has 0 saturated carbocycles. The number of carbonyl (C=O) groups is 3. The van der Waals surface area contributed by atoms with Gasteiger partial charge in [0.15, 0.2) is 16.6 Å². The number of thiazole rings is 1. The number of fused-ring (bicyclic) bond motifs is 1. The molecule has 10 nitrogen and oxygen atoms in total. The van der Waals surface area contributed by atoms with Crippen molar-refractivity contribution in [3.05, 3.63) is 50.7 Å². The van der Waals surface area contributed by atoms with Crippen LogP contribution in [0.15, 0.2) is 40.3 Å². The van der Waals surface area contributed by atoms with Crippen molar-refractivity contribution >= 4 is 63.2 Å². The van der Waals surface area contributed by atoms with Crippen molar-refractivity contribution in [3.8, 4) is 0 Å². The summed E-state index contributed by atoms with van der Waals surface area (Å²) in [5.41, 5.74) is 6.12. The van der Waals surface area contributed by atoms with E-state index in [-0.39, 0.29) is 33.0 Å². The molecule has 0 bridgehead atoms. The third-order valence-corrected chi connectivity index (χ3v) is 7.79. The van der Waals surface area contributed by atoms with Crippen LogP contribution in [0.2, 0.25) is 4.34 Å². The topological polar surface area (TPSA) is 159 Å². The number of aromatic nitrogens is 2. The predicted molar refractivity (Wildman–Crippen MR) is 123 cm³/mol. The summed E-state index contributed by atoms with van der Waals surface area (Å²) in [6.45, 7) is 0. The number of hydrogen-bond donors (Lipinski definition) is 3. The number of carboxylic acid groups (broad SMARTS) is 1. The molecule has 2 atom stereocenters. The first kappa shape index (κ1) is 23.2. The number of pyridine rings is 1. The maximum absolute atomic E-state index is 12.9. The average molecular weight is 508 g/mol. The SMILES string of the molecule is Nc1nc(/C(=N\O)C(=O)CC2C(=O)N3C(C(=O)O)=C(SCc4ccncc4)CCC23)c(Cl)s1. The lowest BCUT2D eigenvalue weighted by Gasteiger charge is -2.50. The number of aliphatic carboxylic acids is 1. The molecule has 2 aliphatic rings. The largest absolute Gasteiger partial charge is 0.477 e. The number of nitrogens with two attached hydrogens (primary N) is 1. The summed E-state index contributed by atoms with van der Waals surface area (Å²) in [6.07, 6.45) is 4.08. The van der Waals surface area contributed by atoms with Crippen LogP contribution in [0.25, 0.3) is 0 Å². The molecule has 4 N–H and O–H groups in total. The summed E-state index contributed by atoms with van der Waals surface area (Å²) >= 11 is 8.32. The summed E-state index contributed by atoms with van der Waals surface area (Å²) in [5, 5.41) is 22.3. The Morgan fingerprint density at radius 1 is 1.36 bits per heavy atom. The van der Waals surface area contributed by atoms with Gasteiger partial charge in [-0.2, -0.15) is 0 Å². The summed E-state index contributed by atoms with van der Waals surface area (Å²) in [6, 6.07) is 3.27. The Morgan fingerprint density at radius 2 is 2.09 bits per heavy atom. The molecule has 2 aliphatic heterocycles. The van der Waals surface area contributed by atoms with E-state index in [1.165, 1.54) is 16.7 Å². The fraction of sp³-hybridized carbons (Fsp3) is 0.300. The minimum atomic E-state index is -1.18. The number of Topliss-reactive ketones (excluding diaryl/α,β-unsaturated/α-hetero) is 1. The first-order valence-corrected chi connectivity index (χ1v) is 12.0. The van der Waals surface area contributed by atoms with E-state index in [1.54, 1.807) is 12.4 Å². The number of β-lactam (4-membered cyclic amide) rings is 1. The smallest absolute Gasteiger partial charge is 0.353 e. The molecule has 4 heterocycles. The van der Waals surface area contributed by atoms with Crippen LogP contribution in [-0.2, 0) is 20.1 Å². The highest BCUT2D eigenvalue weighted by atomic mass is 35.5. The van der Waals surface area contributed by atoms with E-state index in [0.717, 1.165) is 16.9 Å². The first-order valence-electron chi connectivity index (χ1n) is 9.80. The molecular weight excluding hydrogens is 490 g/mol. The van der Waals surface area contributed by atoms with E-state index in [0.29, 0.717) is 23.5 Å². The van der Waals surface area contributed by atoms with Crippen LogP contribution in [0.4, 0.5) is 5.13 Å². The minimum Gasteiger partial charge on any atom is -0.477 e. The average Bonchev–Trinajstić information content (AvgIpc) is 3.13. The van der Waals surface area contributed by atoms with Crippen LogP contribution < -0.4 is 5.73 Å². The van der Waals surface area contributed by atoms with E-state index in [1.807, 2.05) is 12.1 Å². The number of carbonyl (C=O) groups excluding carboxylic acids is 2. The number of oxime groups is 1. The predicted octanol–water partition coefficient (Wildman–Crippen LogP) is 2.76. The molecular formula is C20H18ClN5O5S2. The summed E-state index contributed by atoms with van der Waals surface area (Å²) in [7, 11) is 0. The molecule has 1 amide bonds. The fourth-order valence-corrected chi connectivity index (χ4v) is 6.02. The Labute approximate surface area is 201 Å². The second kappa shape index (κ2) is 9.49. The monoisotopic (exact) mass is 507 g/mol. The van der Waals surface area contributed by atoms with Gasteiger partial charge in [-0.05, 0) is 30.5 Å². The van der Waals surface area contributed by atoms with Crippen molar-refractivity contribution in [2.75, 3.05) is 5.73 Å². The van der Waals surface area contributed by atoms with Gasteiger partial charge in [0.25, 0.3) is 0 Å². The third kappa shape index (κ3) is 4.45. The Hall–Kier alpha value is -2.96. The zero-order chi connectivity index (χ0) is 23.7. The highest BCUT2D eigenvalue weighted by molar-refractivity contribution is 8.02. The normalized spacial score (nSPS) is 20.5. The van der Waals surface area contributed by atoms with E-state index >= 15 is 0 Å². The Balaban J connectivity index is 1.49. The molecule has 33 heavy (non-hydrogen) atoms. The van der Waals surface area contributed by atoms with Crippen molar-refractivity contribution < 1.29 is 24.7 Å². The van der Waals surface area contributed by atoms with Gasteiger partial charge >= 0.3 is 5.97 Å².